The van der Waals surface area contributed by atoms with Crippen LogP contribution in [0.1, 0.15) is 22.8 Å². The van der Waals surface area contributed by atoms with Crippen LogP contribution in [0.5, 0.6) is 5.75 Å². The van der Waals surface area contributed by atoms with Gasteiger partial charge in [0.2, 0.25) is 0 Å². The Morgan fingerprint density at radius 3 is 1.88 bits per heavy atom. The van der Waals surface area contributed by atoms with Crippen molar-refractivity contribution in [2.45, 2.75) is 6.92 Å². The Balaban J connectivity index is 1.58. The lowest BCUT2D eigenvalue weighted by molar-refractivity contribution is -0.394. The van der Waals surface area contributed by atoms with Crippen molar-refractivity contribution in [1.29, 1.82) is 0 Å². The van der Waals surface area contributed by atoms with Gasteiger partial charge in [0.05, 0.1) is 21.5 Å². The van der Waals surface area contributed by atoms with Crippen molar-refractivity contribution >= 4 is 35.4 Å². The van der Waals surface area contributed by atoms with E-state index in [9.17, 15) is 34.6 Å². The van der Waals surface area contributed by atoms with E-state index in [0.717, 1.165) is 34.9 Å². The van der Waals surface area contributed by atoms with Gasteiger partial charge in [-0.05, 0) is 41.8 Å². The molecule has 0 radical (unpaired) electrons. The highest BCUT2D eigenvalue weighted by molar-refractivity contribution is 5.92. The molecule has 12 nitrogen and oxygen atoms in total. The first-order chi connectivity index (χ1) is 19.0. The van der Waals surface area contributed by atoms with Crippen molar-refractivity contribution in [3.63, 3.8) is 0 Å². The second-order valence-electron chi connectivity index (χ2n) is 8.21. The first-order valence-corrected chi connectivity index (χ1v) is 11.6. The zero-order chi connectivity index (χ0) is 29.2. The van der Waals surface area contributed by atoms with Crippen molar-refractivity contribution in [1.82, 2.24) is 0 Å². The molecule has 0 aliphatic carbocycles. The van der Waals surface area contributed by atoms with E-state index in [1.165, 1.54) is 25.1 Å². The van der Waals surface area contributed by atoms with Gasteiger partial charge in [-0.15, -0.1) is 0 Å². The van der Waals surface area contributed by atoms with E-state index < -0.39 is 39.1 Å². The lowest BCUT2D eigenvalue weighted by Crippen LogP contribution is -2.12. The first kappa shape index (κ1) is 28.9. The highest BCUT2D eigenvalue weighted by atomic mass is 16.6. The minimum absolute atomic E-state index is 0.0741. The number of esters is 3. The zero-order valence-electron chi connectivity index (χ0n) is 21.1. The van der Waals surface area contributed by atoms with Crippen LogP contribution < -0.4 is 4.74 Å². The summed E-state index contributed by atoms with van der Waals surface area (Å²) < 4.78 is 15.0. The van der Waals surface area contributed by atoms with Crippen LogP contribution in [0.2, 0.25) is 0 Å². The average Bonchev–Trinajstić information content (AvgIpc) is 2.94. The molecule has 0 aliphatic heterocycles. The van der Waals surface area contributed by atoms with E-state index in [2.05, 4.69) is 6.58 Å². The van der Waals surface area contributed by atoms with Gasteiger partial charge in [-0.3, -0.25) is 20.2 Å². The van der Waals surface area contributed by atoms with Gasteiger partial charge in [-0.1, -0.05) is 43.0 Å². The third-order valence-electron chi connectivity index (χ3n) is 5.19. The molecule has 0 amide bonds. The van der Waals surface area contributed by atoms with Crippen LogP contribution in [-0.2, 0) is 19.1 Å². The van der Waals surface area contributed by atoms with Crippen LogP contribution in [0.3, 0.4) is 0 Å². The molecule has 3 aromatic rings. The molecular formula is C28H22N2O10. The Hall–Kier alpha value is -5.65. The van der Waals surface area contributed by atoms with Gasteiger partial charge in [0.25, 0.3) is 11.4 Å². The Labute approximate surface area is 227 Å². The zero-order valence-corrected chi connectivity index (χ0v) is 21.1. The molecule has 0 aromatic heterocycles. The summed E-state index contributed by atoms with van der Waals surface area (Å²) in [7, 11) is 0. The maximum Gasteiger partial charge on any atom is 0.344 e. The molecule has 0 saturated carbocycles. The average molecular weight is 546 g/mol. The third kappa shape index (κ3) is 8.18. The number of nitrogens with zero attached hydrogens (tertiary/aromatic N) is 2. The molecule has 0 aliphatic rings. The summed E-state index contributed by atoms with van der Waals surface area (Å²) in [6.45, 7) is 4.80. The Morgan fingerprint density at radius 1 is 0.825 bits per heavy atom. The van der Waals surface area contributed by atoms with Crippen molar-refractivity contribution in [2.24, 2.45) is 0 Å². The van der Waals surface area contributed by atoms with Crippen molar-refractivity contribution in [3.8, 4) is 16.9 Å². The number of rotatable bonds is 11. The fraction of sp³-hybridized carbons (Fsp3) is 0.107. The lowest BCUT2D eigenvalue weighted by atomic mass is 10.0. The topological polar surface area (TPSA) is 165 Å². The highest BCUT2D eigenvalue weighted by Crippen LogP contribution is 2.26. The maximum atomic E-state index is 12.5. The molecule has 204 valence electrons. The monoisotopic (exact) mass is 546 g/mol. The molecule has 0 heterocycles. The summed E-state index contributed by atoms with van der Waals surface area (Å²) in [6, 6.07) is 16.1. The van der Waals surface area contributed by atoms with Gasteiger partial charge >= 0.3 is 17.9 Å². The second kappa shape index (κ2) is 13.2. The molecule has 3 aromatic carbocycles. The largest absolute Gasteiger partial charge is 0.459 e. The van der Waals surface area contributed by atoms with E-state index in [0.29, 0.717) is 0 Å². The molecule has 0 saturated heterocycles. The molecule has 3 rings (SSSR count). The number of nitro groups is 2. The molecular weight excluding hydrogens is 524 g/mol. The minimum Gasteiger partial charge on any atom is -0.459 e. The molecule has 0 atom stereocenters. The number of hydrogen-bond donors (Lipinski definition) is 0. The van der Waals surface area contributed by atoms with Crippen LogP contribution in [0, 0.1) is 20.2 Å². The Kier molecular flexibility index (Phi) is 9.57. The van der Waals surface area contributed by atoms with Gasteiger partial charge in [0.15, 0.2) is 0 Å². The van der Waals surface area contributed by atoms with Crippen LogP contribution in [0.15, 0.2) is 85.0 Å². The number of hydrogen-bond acceptors (Lipinski definition) is 10. The molecule has 0 fully saturated rings. The van der Waals surface area contributed by atoms with Crippen molar-refractivity contribution in [3.05, 3.63) is 116 Å². The van der Waals surface area contributed by atoms with E-state index >= 15 is 0 Å². The van der Waals surface area contributed by atoms with Gasteiger partial charge in [0, 0.05) is 23.8 Å². The fourth-order valence-electron chi connectivity index (χ4n) is 3.20. The summed E-state index contributed by atoms with van der Waals surface area (Å²) in [4.78, 5) is 56.0. The normalized spacial score (nSPS) is 10.5. The lowest BCUT2D eigenvalue weighted by Gasteiger charge is -2.07. The maximum absolute atomic E-state index is 12.5. The smallest absolute Gasteiger partial charge is 0.344 e. The summed E-state index contributed by atoms with van der Waals surface area (Å²) in [6.07, 6.45) is 2.81. The standard InChI is InChI=1S/C28H22N2O10/c1-18(2)27(32)39-14-13-38-26(31)12-5-19-3-6-20(7-4-19)21-8-10-25(11-9-21)40-28(33)22-15-23(29(34)35)17-24(16-22)30(36)37/h3-12,15-17H,1,13-14H2,2H3/b12-5+. The van der Waals surface area contributed by atoms with Crippen LogP contribution in [-0.4, -0.2) is 41.0 Å². The highest BCUT2D eigenvalue weighted by Gasteiger charge is 2.21. The number of nitro benzene ring substituents is 2. The number of carbonyl (C=O) groups is 3. The summed E-state index contributed by atoms with van der Waals surface area (Å²) >= 11 is 0. The second-order valence-corrected chi connectivity index (χ2v) is 8.21. The van der Waals surface area contributed by atoms with Gasteiger partial charge in [-0.25, -0.2) is 14.4 Å². The van der Waals surface area contributed by atoms with Crippen LogP contribution in [0.4, 0.5) is 11.4 Å². The van der Waals surface area contributed by atoms with Gasteiger partial charge < -0.3 is 14.2 Å². The molecule has 12 heteroatoms. The Morgan fingerprint density at radius 2 is 1.35 bits per heavy atom. The fourth-order valence-corrected chi connectivity index (χ4v) is 3.20. The van der Waals surface area contributed by atoms with Crippen molar-refractivity contribution < 1.29 is 38.4 Å². The number of benzene rings is 3. The molecule has 0 unspecified atom stereocenters. The molecule has 0 spiro atoms. The van der Waals surface area contributed by atoms with Gasteiger partial charge in [-0.2, -0.15) is 0 Å². The summed E-state index contributed by atoms with van der Waals surface area (Å²) in [5.41, 5.74) is 1.05. The molecule has 0 N–H and O–H groups in total. The first-order valence-electron chi connectivity index (χ1n) is 11.6. The number of ether oxygens (including phenoxy) is 3. The predicted octanol–water partition coefficient (Wildman–Crippen LogP) is 5.06. The van der Waals surface area contributed by atoms with E-state index in [1.807, 2.05) is 12.1 Å². The van der Waals surface area contributed by atoms with E-state index in [-0.39, 0.29) is 30.1 Å². The third-order valence-corrected chi connectivity index (χ3v) is 5.19. The predicted molar refractivity (Wildman–Crippen MR) is 142 cm³/mol. The quantitative estimate of drug-likeness (QED) is 0.0792. The van der Waals surface area contributed by atoms with Crippen molar-refractivity contribution in [2.75, 3.05) is 13.2 Å². The van der Waals surface area contributed by atoms with Gasteiger partial charge in [0.1, 0.15) is 19.0 Å². The summed E-state index contributed by atoms with van der Waals surface area (Å²) in [5.74, 6) is -2.01. The van der Waals surface area contributed by atoms with Crippen LogP contribution in [0.25, 0.3) is 17.2 Å². The van der Waals surface area contributed by atoms with E-state index in [4.69, 9.17) is 14.2 Å². The van der Waals surface area contributed by atoms with E-state index in [1.54, 1.807) is 30.3 Å². The van der Waals surface area contributed by atoms with Crippen LogP contribution >= 0.6 is 0 Å². The minimum atomic E-state index is -0.984. The summed E-state index contributed by atoms with van der Waals surface area (Å²) in [5, 5.41) is 22.1. The number of carbonyl (C=O) groups excluding carboxylic acids is 3. The molecule has 0 bridgehead atoms. The Bertz CT molecular complexity index is 1460. The molecule has 40 heavy (non-hydrogen) atoms. The SMILES string of the molecule is C=C(C)C(=O)OCCOC(=O)/C=C/c1ccc(-c2ccc(OC(=O)c3cc([N+](=O)[O-])cc([N+](=O)[O-])c3)cc2)cc1. The number of non-ortho nitro benzene ring substituents is 2.